The van der Waals surface area contributed by atoms with Crippen molar-refractivity contribution in [2.75, 3.05) is 38.5 Å². The summed E-state index contributed by atoms with van der Waals surface area (Å²) < 4.78 is 2.35. The lowest BCUT2D eigenvalue weighted by atomic mass is 10.0. The van der Waals surface area contributed by atoms with Crippen molar-refractivity contribution in [3.63, 3.8) is 0 Å². The van der Waals surface area contributed by atoms with Crippen LogP contribution in [0.25, 0.3) is 0 Å². The lowest BCUT2D eigenvalue weighted by molar-refractivity contribution is 0.410. The standard InChI is InChI=1S/C13H23N5/c1-17-8-4-10(9-17)12-11(3-5-14)18-7-2-6-15-13(18)16-12/h10H,2-9,14H2,1H3,(H,15,16). The molecule has 3 N–H and O–H groups in total. The normalized spacial score (nSPS) is 24.0. The Bertz CT molecular complexity index is 425. The summed E-state index contributed by atoms with van der Waals surface area (Å²) in [6.45, 7) is 5.16. The van der Waals surface area contributed by atoms with Gasteiger partial charge in [0, 0.05) is 37.7 Å². The van der Waals surface area contributed by atoms with Gasteiger partial charge in [0.05, 0.1) is 5.69 Å². The Balaban J connectivity index is 1.94. The Labute approximate surface area is 108 Å². The van der Waals surface area contributed by atoms with E-state index >= 15 is 0 Å². The molecule has 0 spiro atoms. The number of nitrogens with two attached hydrogens (primary N) is 1. The van der Waals surface area contributed by atoms with Crippen LogP contribution >= 0.6 is 0 Å². The number of hydrogen-bond donors (Lipinski definition) is 2. The molecule has 2 aliphatic rings. The van der Waals surface area contributed by atoms with Gasteiger partial charge >= 0.3 is 0 Å². The van der Waals surface area contributed by atoms with E-state index in [1.165, 1.54) is 30.8 Å². The first-order valence-corrected chi connectivity index (χ1v) is 7.01. The second-order valence-corrected chi connectivity index (χ2v) is 5.49. The number of aromatic nitrogens is 2. The topological polar surface area (TPSA) is 59.1 Å². The van der Waals surface area contributed by atoms with Crippen LogP contribution in [0, 0.1) is 0 Å². The number of likely N-dealkylation sites (tertiary alicyclic amines) is 1. The molecule has 5 heteroatoms. The summed E-state index contributed by atoms with van der Waals surface area (Å²) >= 11 is 0. The lowest BCUT2D eigenvalue weighted by Crippen LogP contribution is -2.20. The summed E-state index contributed by atoms with van der Waals surface area (Å²) in [6.07, 6.45) is 3.36. The molecule has 5 nitrogen and oxygen atoms in total. The van der Waals surface area contributed by atoms with Gasteiger partial charge in [0.25, 0.3) is 0 Å². The van der Waals surface area contributed by atoms with Crippen molar-refractivity contribution in [1.82, 2.24) is 14.5 Å². The highest BCUT2D eigenvalue weighted by molar-refractivity contribution is 5.38. The van der Waals surface area contributed by atoms with Crippen molar-refractivity contribution in [3.05, 3.63) is 11.4 Å². The van der Waals surface area contributed by atoms with Crippen molar-refractivity contribution in [2.45, 2.75) is 31.7 Å². The maximum Gasteiger partial charge on any atom is 0.203 e. The molecule has 0 amide bonds. The second-order valence-electron chi connectivity index (χ2n) is 5.49. The summed E-state index contributed by atoms with van der Waals surface area (Å²) in [4.78, 5) is 7.25. The van der Waals surface area contributed by atoms with E-state index in [4.69, 9.17) is 10.7 Å². The molecule has 0 bridgehead atoms. The fourth-order valence-corrected chi connectivity index (χ4v) is 3.20. The summed E-state index contributed by atoms with van der Waals surface area (Å²) in [5.41, 5.74) is 8.45. The average Bonchev–Trinajstić information content (AvgIpc) is 2.95. The minimum absolute atomic E-state index is 0.594. The third kappa shape index (κ3) is 2.01. The summed E-state index contributed by atoms with van der Waals surface area (Å²) in [7, 11) is 2.19. The average molecular weight is 249 g/mol. The van der Waals surface area contributed by atoms with E-state index in [1.807, 2.05) is 0 Å². The van der Waals surface area contributed by atoms with Gasteiger partial charge in [0.1, 0.15) is 0 Å². The predicted octanol–water partition coefficient (Wildman–Crippen LogP) is 0.619. The Morgan fingerprint density at radius 3 is 3.06 bits per heavy atom. The second kappa shape index (κ2) is 4.90. The molecule has 0 aliphatic carbocycles. The fourth-order valence-electron chi connectivity index (χ4n) is 3.20. The monoisotopic (exact) mass is 249 g/mol. The molecule has 3 rings (SSSR count). The predicted molar refractivity (Wildman–Crippen MR) is 72.9 cm³/mol. The zero-order valence-electron chi connectivity index (χ0n) is 11.2. The molecule has 1 saturated heterocycles. The first-order valence-electron chi connectivity index (χ1n) is 7.01. The van der Waals surface area contributed by atoms with E-state index in [9.17, 15) is 0 Å². The number of nitrogens with zero attached hydrogens (tertiary/aromatic N) is 3. The molecule has 3 heterocycles. The van der Waals surface area contributed by atoms with Gasteiger partial charge in [0.15, 0.2) is 0 Å². The largest absolute Gasteiger partial charge is 0.356 e. The first kappa shape index (κ1) is 12.0. The number of anilines is 1. The molecule has 1 unspecified atom stereocenters. The van der Waals surface area contributed by atoms with Gasteiger partial charge in [0.2, 0.25) is 5.95 Å². The van der Waals surface area contributed by atoms with Crippen molar-refractivity contribution >= 4 is 5.95 Å². The van der Waals surface area contributed by atoms with E-state index in [2.05, 4.69) is 21.8 Å². The number of nitrogens with one attached hydrogen (secondary N) is 1. The van der Waals surface area contributed by atoms with Gasteiger partial charge in [-0.05, 0) is 33.0 Å². The van der Waals surface area contributed by atoms with Gasteiger partial charge in [-0.2, -0.15) is 0 Å². The van der Waals surface area contributed by atoms with E-state index < -0.39 is 0 Å². The molecule has 1 aromatic rings. The SMILES string of the molecule is CN1CCC(c2nc3n(c2CCN)CCCN3)C1. The minimum Gasteiger partial charge on any atom is -0.356 e. The van der Waals surface area contributed by atoms with Gasteiger partial charge in [-0.25, -0.2) is 4.98 Å². The number of hydrogen-bond acceptors (Lipinski definition) is 4. The van der Waals surface area contributed by atoms with Gasteiger partial charge in [-0.15, -0.1) is 0 Å². The van der Waals surface area contributed by atoms with E-state index in [-0.39, 0.29) is 0 Å². The number of fused-ring (bicyclic) bond motifs is 1. The Morgan fingerprint density at radius 1 is 1.44 bits per heavy atom. The first-order chi connectivity index (χ1) is 8.79. The molecule has 2 aliphatic heterocycles. The third-order valence-corrected chi connectivity index (χ3v) is 4.10. The van der Waals surface area contributed by atoms with Crippen molar-refractivity contribution in [2.24, 2.45) is 5.73 Å². The Morgan fingerprint density at radius 2 is 2.33 bits per heavy atom. The van der Waals surface area contributed by atoms with Crippen LogP contribution in [0.3, 0.4) is 0 Å². The van der Waals surface area contributed by atoms with Gasteiger partial charge < -0.3 is 20.5 Å². The summed E-state index contributed by atoms with van der Waals surface area (Å²) in [5, 5.41) is 3.41. The van der Waals surface area contributed by atoms with Crippen LogP contribution in [0.1, 0.15) is 30.1 Å². The zero-order valence-corrected chi connectivity index (χ0v) is 11.2. The Hall–Kier alpha value is -1.07. The molecule has 1 fully saturated rings. The van der Waals surface area contributed by atoms with E-state index in [0.717, 1.165) is 32.0 Å². The number of imidazole rings is 1. The highest BCUT2D eigenvalue weighted by Crippen LogP contribution is 2.31. The number of likely N-dealkylation sites (N-methyl/N-ethyl adjacent to an activating group) is 1. The summed E-state index contributed by atoms with van der Waals surface area (Å²) in [6, 6.07) is 0. The molecule has 0 radical (unpaired) electrons. The quantitative estimate of drug-likeness (QED) is 0.824. The van der Waals surface area contributed by atoms with Crippen molar-refractivity contribution in [1.29, 1.82) is 0 Å². The highest BCUT2D eigenvalue weighted by Gasteiger charge is 2.28. The minimum atomic E-state index is 0.594. The molecule has 0 aromatic carbocycles. The van der Waals surface area contributed by atoms with Crippen LogP contribution in [0.2, 0.25) is 0 Å². The molecule has 100 valence electrons. The zero-order chi connectivity index (χ0) is 12.5. The molecule has 0 saturated carbocycles. The lowest BCUT2D eigenvalue weighted by Gasteiger charge is -2.18. The van der Waals surface area contributed by atoms with Gasteiger partial charge in [-0.3, -0.25) is 0 Å². The molecule has 1 aromatic heterocycles. The summed E-state index contributed by atoms with van der Waals surface area (Å²) in [5.74, 6) is 1.66. The molecule has 18 heavy (non-hydrogen) atoms. The molecular formula is C13H23N5. The van der Waals surface area contributed by atoms with Gasteiger partial charge in [-0.1, -0.05) is 0 Å². The third-order valence-electron chi connectivity index (χ3n) is 4.10. The number of rotatable bonds is 3. The molecule has 1 atom stereocenters. The van der Waals surface area contributed by atoms with Crippen LogP contribution in [-0.4, -0.2) is 47.7 Å². The van der Waals surface area contributed by atoms with E-state index in [0.29, 0.717) is 12.5 Å². The maximum atomic E-state index is 5.78. The molecular weight excluding hydrogens is 226 g/mol. The fraction of sp³-hybridized carbons (Fsp3) is 0.769. The van der Waals surface area contributed by atoms with Crippen LogP contribution in [0.5, 0.6) is 0 Å². The van der Waals surface area contributed by atoms with Crippen LogP contribution in [0.15, 0.2) is 0 Å². The van der Waals surface area contributed by atoms with Crippen LogP contribution < -0.4 is 11.1 Å². The van der Waals surface area contributed by atoms with Crippen LogP contribution in [-0.2, 0) is 13.0 Å². The Kier molecular flexibility index (Phi) is 3.26. The van der Waals surface area contributed by atoms with E-state index in [1.54, 1.807) is 0 Å². The van der Waals surface area contributed by atoms with Crippen LogP contribution in [0.4, 0.5) is 5.95 Å². The smallest absolute Gasteiger partial charge is 0.203 e. The highest BCUT2D eigenvalue weighted by atomic mass is 15.2. The van der Waals surface area contributed by atoms with Crippen molar-refractivity contribution in [3.8, 4) is 0 Å². The van der Waals surface area contributed by atoms with Crippen molar-refractivity contribution < 1.29 is 0 Å². The maximum absolute atomic E-state index is 5.78.